The molecule has 0 unspecified atom stereocenters. The number of thiophene rings is 1. The number of rotatable bonds is 2. The van der Waals surface area contributed by atoms with Gasteiger partial charge in [0.05, 0.1) is 0 Å². The Hall–Kier alpha value is -0.830. The van der Waals surface area contributed by atoms with E-state index in [4.69, 9.17) is 0 Å². The van der Waals surface area contributed by atoms with E-state index < -0.39 is 0 Å². The van der Waals surface area contributed by atoms with Crippen molar-refractivity contribution in [1.82, 2.24) is 4.90 Å². The molecule has 2 aliphatic rings. The Labute approximate surface area is 100 Å². The quantitative estimate of drug-likeness (QED) is 0.772. The zero-order valence-electron chi connectivity index (χ0n) is 9.39. The normalized spacial score (nSPS) is 22.4. The topological polar surface area (TPSA) is 20.3 Å². The molecule has 2 fully saturated rings. The highest BCUT2D eigenvalue weighted by Crippen LogP contribution is 2.34. The lowest BCUT2D eigenvalue weighted by Gasteiger charge is -2.32. The first-order chi connectivity index (χ1) is 7.84. The Balaban J connectivity index is 1.57. The number of likely N-dealkylation sites (tertiary alicyclic amines) is 1. The molecule has 1 aromatic rings. The van der Waals surface area contributed by atoms with E-state index in [-0.39, 0.29) is 0 Å². The lowest BCUT2D eigenvalue weighted by molar-refractivity contribution is -0.133. The van der Waals surface area contributed by atoms with Gasteiger partial charge in [0.15, 0.2) is 0 Å². The first-order valence-corrected chi connectivity index (χ1v) is 7.10. The van der Waals surface area contributed by atoms with E-state index in [9.17, 15) is 4.79 Å². The summed E-state index contributed by atoms with van der Waals surface area (Å²) in [6.45, 7) is 1.94. The highest BCUT2D eigenvalue weighted by molar-refractivity contribution is 7.07. The third kappa shape index (κ3) is 2.01. The molecule has 0 atom stereocenters. The summed E-state index contributed by atoms with van der Waals surface area (Å²) in [6.07, 6.45) is 4.55. The van der Waals surface area contributed by atoms with Crippen molar-refractivity contribution in [2.75, 3.05) is 13.1 Å². The van der Waals surface area contributed by atoms with Crippen LogP contribution in [0.3, 0.4) is 0 Å². The number of hydrogen-bond donors (Lipinski definition) is 0. The van der Waals surface area contributed by atoms with Gasteiger partial charge in [-0.25, -0.2) is 0 Å². The fourth-order valence-corrected chi connectivity index (χ4v) is 3.27. The molecule has 1 amide bonds. The molecule has 0 radical (unpaired) electrons. The molecule has 2 heterocycles. The van der Waals surface area contributed by atoms with Gasteiger partial charge in [-0.1, -0.05) is 0 Å². The largest absolute Gasteiger partial charge is 0.342 e. The summed E-state index contributed by atoms with van der Waals surface area (Å²) < 4.78 is 0. The van der Waals surface area contributed by atoms with E-state index in [1.807, 2.05) is 0 Å². The minimum Gasteiger partial charge on any atom is -0.342 e. The van der Waals surface area contributed by atoms with Crippen LogP contribution in [0, 0.1) is 5.92 Å². The van der Waals surface area contributed by atoms with Gasteiger partial charge >= 0.3 is 0 Å². The Bertz CT molecular complexity index is 361. The summed E-state index contributed by atoms with van der Waals surface area (Å²) in [7, 11) is 0. The molecule has 3 heteroatoms. The van der Waals surface area contributed by atoms with E-state index in [0.29, 0.717) is 17.7 Å². The van der Waals surface area contributed by atoms with Crippen LogP contribution in [-0.4, -0.2) is 23.9 Å². The maximum absolute atomic E-state index is 11.9. The number of piperidine rings is 1. The van der Waals surface area contributed by atoms with Crippen LogP contribution in [0.15, 0.2) is 16.8 Å². The Kier molecular flexibility index (Phi) is 2.72. The molecule has 0 N–H and O–H groups in total. The van der Waals surface area contributed by atoms with Crippen molar-refractivity contribution in [3.63, 3.8) is 0 Å². The van der Waals surface area contributed by atoms with E-state index in [1.54, 1.807) is 11.3 Å². The van der Waals surface area contributed by atoms with Gasteiger partial charge in [0.2, 0.25) is 5.91 Å². The number of carbonyl (C=O) groups excluding carboxylic acids is 1. The molecule has 1 aliphatic carbocycles. The minimum absolute atomic E-state index is 0.387. The summed E-state index contributed by atoms with van der Waals surface area (Å²) in [6, 6.07) is 2.23. The van der Waals surface area contributed by atoms with Crippen molar-refractivity contribution >= 4 is 17.2 Å². The lowest BCUT2D eigenvalue weighted by atomic mass is 9.91. The van der Waals surface area contributed by atoms with Gasteiger partial charge in [0.25, 0.3) is 0 Å². The molecule has 1 aromatic heterocycles. The van der Waals surface area contributed by atoms with Gasteiger partial charge in [0.1, 0.15) is 0 Å². The highest BCUT2D eigenvalue weighted by atomic mass is 32.1. The smallest absolute Gasteiger partial charge is 0.225 e. The van der Waals surface area contributed by atoms with Crippen molar-refractivity contribution in [1.29, 1.82) is 0 Å². The van der Waals surface area contributed by atoms with Gasteiger partial charge in [-0.3, -0.25) is 4.79 Å². The Morgan fingerprint density at radius 2 is 2.00 bits per heavy atom. The zero-order valence-corrected chi connectivity index (χ0v) is 10.2. The van der Waals surface area contributed by atoms with Crippen molar-refractivity contribution in [2.45, 2.75) is 31.6 Å². The van der Waals surface area contributed by atoms with Gasteiger partial charge in [-0.05, 0) is 54.0 Å². The third-order valence-corrected chi connectivity index (χ3v) is 4.45. The fourth-order valence-electron chi connectivity index (χ4n) is 2.53. The number of nitrogens with zero attached hydrogens (tertiary/aromatic N) is 1. The number of amides is 1. The van der Waals surface area contributed by atoms with Gasteiger partial charge in [0, 0.05) is 19.0 Å². The Morgan fingerprint density at radius 1 is 1.25 bits per heavy atom. The van der Waals surface area contributed by atoms with Gasteiger partial charge in [-0.2, -0.15) is 11.3 Å². The summed E-state index contributed by atoms with van der Waals surface area (Å²) in [5.41, 5.74) is 1.48. The molecule has 16 heavy (non-hydrogen) atoms. The molecule has 1 saturated carbocycles. The van der Waals surface area contributed by atoms with Crippen molar-refractivity contribution in [3.05, 3.63) is 22.4 Å². The van der Waals surface area contributed by atoms with Crippen LogP contribution in [0.4, 0.5) is 0 Å². The standard InChI is InChI=1S/C13H17NOS/c15-13(11-1-2-11)14-6-3-10(4-7-14)12-5-8-16-9-12/h5,8-11H,1-4,6-7H2. The summed E-state index contributed by atoms with van der Waals surface area (Å²) >= 11 is 1.77. The molecule has 1 saturated heterocycles. The van der Waals surface area contributed by atoms with Crippen LogP contribution in [0.2, 0.25) is 0 Å². The van der Waals surface area contributed by atoms with Crippen molar-refractivity contribution in [3.8, 4) is 0 Å². The number of carbonyl (C=O) groups is 1. The van der Waals surface area contributed by atoms with Crippen molar-refractivity contribution < 1.29 is 4.79 Å². The number of hydrogen-bond acceptors (Lipinski definition) is 2. The first kappa shape index (κ1) is 10.3. The maximum Gasteiger partial charge on any atom is 0.225 e. The molecule has 0 spiro atoms. The molecule has 1 aliphatic heterocycles. The highest BCUT2D eigenvalue weighted by Gasteiger charge is 2.34. The zero-order chi connectivity index (χ0) is 11.0. The average Bonchev–Trinajstić information content (AvgIpc) is 3.04. The van der Waals surface area contributed by atoms with Crippen LogP contribution in [-0.2, 0) is 4.79 Å². The van der Waals surface area contributed by atoms with Crippen LogP contribution in [0.1, 0.15) is 37.2 Å². The summed E-state index contributed by atoms with van der Waals surface area (Å²) in [5.74, 6) is 1.50. The Morgan fingerprint density at radius 3 is 2.56 bits per heavy atom. The molecule has 0 aromatic carbocycles. The van der Waals surface area contributed by atoms with Crippen LogP contribution in [0.5, 0.6) is 0 Å². The van der Waals surface area contributed by atoms with E-state index >= 15 is 0 Å². The molecule has 2 nitrogen and oxygen atoms in total. The summed E-state index contributed by atoms with van der Waals surface area (Å²) in [4.78, 5) is 14.0. The van der Waals surface area contributed by atoms with E-state index in [1.165, 1.54) is 5.56 Å². The second-order valence-electron chi connectivity index (χ2n) is 4.93. The predicted molar refractivity (Wildman–Crippen MR) is 65.6 cm³/mol. The molecular formula is C13H17NOS. The van der Waals surface area contributed by atoms with Crippen LogP contribution >= 0.6 is 11.3 Å². The lowest BCUT2D eigenvalue weighted by Crippen LogP contribution is -2.38. The van der Waals surface area contributed by atoms with E-state index in [0.717, 1.165) is 38.8 Å². The second-order valence-corrected chi connectivity index (χ2v) is 5.71. The molecule has 3 rings (SSSR count). The van der Waals surface area contributed by atoms with Crippen molar-refractivity contribution in [2.24, 2.45) is 5.92 Å². The SMILES string of the molecule is O=C(C1CC1)N1CCC(c2ccsc2)CC1. The predicted octanol–water partition coefficient (Wildman–Crippen LogP) is 2.86. The van der Waals surface area contributed by atoms with E-state index in [2.05, 4.69) is 21.7 Å². The molecule has 86 valence electrons. The fraction of sp³-hybridized carbons (Fsp3) is 0.615. The minimum atomic E-state index is 0.387. The first-order valence-electron chi connectivity index (χ1n) is 6.15. The van der Waals surface area contributed by atoms with Crippen LogP contribution < -0.4 is 0 Å². The monoisotopic (exact) mass is 235 g/mol. The van der Waals surface area contributed by atoms with Gasteiger partial charge in [-0.15, -0.1) is 0 Å². The third-order valence-electron chi connectivity index (χ3n) is 3.75. The molecule has 0 bridgehead atoms. The molecular weight excluding hydrogens is 218 g/mol. The van der Waals surface area contributed by atoms with Gasteiger partial charge < -0.3 is 4.90 Å². The maximum atomic E-state index is 11.9. The average molecular weight is 235 g/mol. The summed E-state index contributed by atoms with van der Waals surface area (Å²) in [5, 5.41) is 4.40. The van der Waals surface area contributed by atoms with Crippen LogP contribution in [0.25, 0.3) is 0 Å². The second kappa shape index (κ2) is 4.21.